The predicted octanol–water partition coefficient (Wildman–Crippen LogP) is 1.63. The van der Waals surface area contributed by atoms with Crippen molar-refractivity contribution in [2.45, 2.75) is 49.8 Å². The third kappa shape index (κ3) is 4.27. The Labute approximate surface area is 199 Å². The monoisotopic (exact) mass is 511 g/mol. The van der Waals surface area contributed by atoms with E-state index in [1.54, 1.807) is 0 Å². The molecule has 0 amide bonds. The largest absolute Gasteiger partial charge is 1.00 e. The van der Waals surface area contributed by atoms with Crippen LogP contribution in [0.25, 0.3) is 0 Å². The molecule has 7 heteroatoms. The van der Waals surface area contributed by atoms with Crippen molar-refractivity contribution in [3.8, 4) is 11.5 Å². The topological polar surface area (TPSA) is 38.7 Å². The molecule has 0 aromatic heterocycles. The number of piperidine rings is 1. The third-order valence-electron chi connectivity index (χ3n) is 7.72. The second-order valence-corrected chi connectivity index (χ2v) is 9.61. The van der Waals surface area contributed by atoms with Gasteiger partial charge in [-0.25, -0.2) is 8.78 Å². The lowest BCUT2D eigenvalue weighted by Gasteiger charge is -2.46. The van der Waals surface area contributed by atoms with Crippen molar-refractivity contribution in [2.75, 3.05) is 28.3 Å². The zero-order chi connectivity index (χ0) is 22.4. The zero-order valence-electron chi connectivity index (χ0n) is 19.1. The van der Waals surface area contributed by atoms with Gasteiger partial charge < -0.3 is 36.0 Å². The number of fused-ring (bicyclic) bond motifs is 2. The van der Waals surface area contributed by atoms with Gasteiger partial charge in [0, 0.05) is 36.8 Å². The molecule has 0 saturated carbocycles. The average molecular weight is 512 g/mol. The Bertz CT molecular complexity index is 899. The number of benzene rings is 2. The number of methoxy groups -OCH3 is 2. The summed E-state index contributed by atoms with van der Waals surface area (Å²) in [5.74, 6) is -0.0120. The van der Waals surface area contributed by atoms with Gasteiger partial charge in [-0.3, -0.25) is 0 Å². The van der Waals surface area contributed by atoms with Crippen molar-refractivity contribution < 1.29 is 44.8 Å². The van der Waals surface area contributed by atoms with Crippen LogP contribution in [0.3, 0.4) is 0 Å². The number of hydrogen-bond acceptors (Lipinski definition) is 3. The van der Waals surface area contributed by atoms with Crippen LogP contribution in [0.4, 0.5) is 8.78 Å². The van der Waals surface area contributed by atoms with Crippen molar-refractivity contribution in [1.29, 1.82) is 0 Å². The maximum Gasteiger partial charge on any atom is 0.125 e. The minimum Gasteiger partial charge on any atom is -1.00 e. The molecule has 0 aliphatic carbocycles. The smallest absolute Gasteiger partial charge is 0.125 e. The van der Waals surface area contributed by atoms with Crippen LogP contribution < -0.4 is 26.5 Å². The fourth-order valence-corrected chi connectivity index (χ4v) is 5.95. The van der Waals surface area contributed by atoms with Crippen molar-refractivity contribution in [2.24, 2.45) is 5.92 Å². The third-order valence-corrected chi connectivity index (χ3v) is 7.72. The van der Waals surface area contributed by atoms with Crippen molar-refractivity contribution in [1.82, 2.24) is 0 Å². The fourth-order valence-electron chi connectivity index (χ4n) is 5.95. The van der Waals surface area contributed by atoms with Gasteiger partial charge in [-0.05, 0) is 48.7 Å². The summed E-state index contributed by atoms with van der Waals surface area (Å²) in [6, 6.07) is 9.27. The highest BCUT2D eigenvalue weighted by atomic mass is 79.9. The van der Waals surface area contributed by atoms with Gasteiger partial charge in [-0.2, -0.15) is 0 Å². The van der Waals surface area contributed by atoms with E-state index < -0.39 is 17.2 Å². The summed E-state index contributed by atoms with van der Waals surface area (Å²) in [6.07, 6.45) is 4.65. The van der Waals surface area contributed by atoms with E-state index in [1.807, 2.05) is 0 Å². The van der Waals surface area contributed by atoms with Crippen LogP contribution in [0.1, 0.15) is 43.2 Å². The molecule has 2 fully saturated rings. The quantitative estimate of drug-likeness (QED) is 0.599. The minimum absolute atomic E-state index is 0. The first-order valence-corrected chi connectivity index (χ1v) is 10.9. The summed E-state index contributed by atoms with van der Waals surface area (Å²) in [5, 5.41) is 12.2. The number of hydrogen-bond donors (Lipinski definition) is 1. The van der Waals surface area contributed by atoms with Gasteiger partial charge in [-0.15, -0.1) is 0 Å². The van der Waals surface area contributed by atoms with Crippen LogP contribution in [-0.4, -0.2) is 50.0 Å². The van der Waals surface area contributed by atoms with E-state index >= 15 is 0 Å². The van der Waals surface area contributed by atoms with Crippen LogP contribution in [0.15, 0.2) is 36.4 Å². The highest BCUT2D eigenvalue weighted by molar-refractivity contribution is 5.50. The molecule has 32 heavy (non-hydrogen) atoms. The van der Waals surface area contributed by atoms with Crippen molar-refractivity contribution in [3.05, 3.63) is 59.2 Å². The summed E-state index contributed by atoms with van der Waals surface area (Å²) < 4.78 is 40.6. The van der Waals surface area contributed by atoms with Gasteiger partial charge in [0.1, 0.15) is 28.7 Å². The summed E-state index contributed by atoms with van der Waals surface area (Å²) in [4.78, 5) is 0. The molecule has 2 aromatic rings. The molecule has 2 aromatic carbocycles. The molecule has 4 rings (SSSR count). The van der Waals surface area contributed by atoms with E-state index in [2.05, 4.69) is 14.1 Å². The van der Waals surface area contributed by atoms with E-state index in [0.717, 1.165) is 17.3 Å². The molecule has 2 heterocycles. The Kier molecular flexibility index (Phi) is 7.23. The number of rotatable bonds is 6. The molecule has 2 aliphatic heterocycles. The molecule has 2 saturated heterocycles. The van der Waals surface area contributed by atoms with Gasteiger partial charge in [0.2, 0.25) is 0 Å². The summed E-state index contributed by atoms with van der Waals surface area (Å²) in [6.45, 7) is 0. The summed E-state index contributed by atoms with van der Waals surface area (Å²) >= 11 is 0. The predicted molar refractivity (Wildman–Crippen MR) is 115 cm³/mol. The number of nitrogens with zero attached hydrogens (tertiary/aromatic N) is 1. The number of ether oxygens (including phenoxy) is 2. The molecule has 2 bridgehead atoms. The minimum atomic E-state index is -1.65. The summed E-state index contributed by atoms with van der Waals surface area (Å²) in [5.41, 5.74) is -1.06. The van der Waals surface area contributed by atoms with E-state index in [4.69, 9.17) is 9.47 Å². The lowest BCUT2D eigenvalue weighted by Crippen LogP contribution is -3.00. The molecule has 2 aliphatic rings. The maximum absolute atomic E-state index is 14.3. The average Bonchev–Trinajstić information content (AvgIpc) is 2.90. The van der Waals surface area contributed by atoms with Gasteiger partial charge in [0.25, 0.3) is 0 Å². The Morgan fingerprint density at radius 3 is 1.75 bits per heavy atom. The van der Waals surface area contributed by atoms with Crippen LogP contribution in [-0.2, 0) is 5.60 Å². The van der Waals surface area contributed by atoms with Gasteiger partial charge >= 0.3 is 0 Å². The number of aliphatic hydroxyl groups is 1. The highest BCUT2D eigenvalue weighted by Crippen LogP contribution is 2.50. The Morgan fingerprint density at radius 2 is 1.34 bits per heavy atom. The molecular formula is C25H32BrF2NO3. The van der Waals surface area contributed by atoms with Gasteiger partial charge in [0.05, 0.1) is 40.4 Å². The second kappa shape index (κ2) is 9.27. The Morgan fingerprint density at radius 1 is 0.906 bits per heavy atom. The molecule has 0 spiro atoms. The van der Waals surface area contributed by atoms with Crippen LogP contribution >= 0.6 is 0 Å². The summed E-state index contributed by atoms with van der Waals surface area (Å²) in [7, 11) is 7.55. The molecule has 1 N–H and O–H groups in total. The molecule has 176 valence electrons. The zero-order valence-corrected chi connectivity index (χ0v) is 20.7. The Balaban J connectivity index is 0.00000289. The first-order valence-electron chi connectivity index (χ1n) is 10.9. The van der Waals surface area contributed by atoms with Crippen molar-refractivity contribution >= 4 is 0 Å². The molecule has 4 nitrogen and oxygen atoms in total. The molecule has 0 unspecified atom stereocenters. The maximum atomic E-state index is 14.3. The number of halogens is 3. The lowest BCUT2D eigenvalue weighted by molar-refractivity contribution is -0.931. The van der Waals surface area contributed by atoms with Crippen molar-refractivity contribution in [3.63, 3.8) is 0 Å². The standard InChI is InChI=1S/C25H32F2NO3.BrH/c1-28(2)19-7-8-20(28)12-16(11-19)15-25(29,21-13-17(26)5-9-23(21)30-3)22-14-18(27)6-10-24(22)31-4;/h5-6,9-10,13-14,16,19-20,29H,7-8,11-12,15H2,1-4H3;1H/q+1;/p-1/t19-,20-;/m0./s1. The lowest BCUT2D eigenvalue weighted by atomic mass is 9.74. The van der Waals surface area contributed by atoms with Crippen LogP contribution in [0.2, 0.25) is 0 Å². The van der Waals surface area contributed by atoms with E-state index in [9.17, 15) is 13.9 Å². The van der Waals surface area contributed by atoms with Gasteiger partial charge in [0.15, 0.2) is 0 Å². The highest BCUT2D eigenvalue weighted by Gasteiger charge is 2.51. The van der Waals surface area contributed by atoms with Gasteiger partial charge in [-0.1, -0.05) is 0 Å². The molecular weight excluding hydrogens is 480 g/mol. The normalized spacial score (nSPS) is 24.0. The Hall–Kier alpha value is -1.70. The fraction of sp³-hybridized carbons (Fsp3) is 0.520. The molecule has 2 atom stereocenters. The first-order chi connectivity index (χ1) is 14.7. The van der Waals surface area contributed by atoms with Crippen LogP contribution in [0, 0.1) is 17.6 Å². The molecule has 0 radical (unpaired) electrons. The van der Waals surface area contributed by atoms with E-state index in [1.165, 1.54) is 63.5 Å². The number of quaternary nitrogens is 1. The van der Waals surface area contributed by atoms with E-state index in [0.29, 0.717) is 41.1 Å². The van der Waals surface area contributed by atoms with E-state index in [-0.39, 0.29) is 22.9 Å². The SMILES string of the molecule is COc1ccc(F)cc1C(O)(CC1C[C@@H]2CC[C@@H](C1)[N+]2(C)C)c1cc(F)ccc1OC.[Br-]. The van der Waals surface area contributed by atoms with Crippen LogP contribution in [0.5, 0.6) is 11.5 Å². The first kappa shape index (κ1) is 24.9. The second-order valence-electron chi connectivity index (χ2n) is 9.61.